The number of allylic oxidation sites excluding steroid dienone is 1. The Morgan fingerprint density at radius 1 is 1.39 bits per heavy atom. The Hall–Kier alpha value is -1.43. The Kier molecular flexibility index (Phi) is 3.03. The quantitative estimate of drug-likeness (QED) is 0.867. The first-order chi connectivity index (χ1) is 8.75. The standard InChI is InChI=1S/C12H14BrN5/c1-18-12-9(10(13)17-18)11(14-7-15-12)16-8-5-3-2-4-6-8/h2-3,7-8H,4-6H2,1H3,(H,14,15,16). The number of hydrogen-bond donors (Lipinski definition) is 1. The summed E-state index contributed by atoms with van der Waals surface area (Å²) in [5.41, 5.74) is 0.839. The van der Waals surface area contributed by atoms with E-state index >= 15 is 0 Å². The van der Waals surface area contributed by atoms with Crippen LogP contribution in [0.3, 0.4) is 0 Å². The fourth-order valence-corrected chi connectivity index (χ4v) is 2.87. The van der Waals surface area contributed by atoms with Crippen LogP contribution in [0.2, 0.25) is 0 Å². The molecule has 1 N–H and O–H groups in total. The molecule has 2 heterocycles. The number of anilines is 1. The summed E-state index contributed by atoms with van der Waals surface area (Å²) in [6.07, 6.45) is 9.34. The molecule has 94 valence electrons. The zero-order valence-electron chi connectivity index (χ0n) is 10.1. The third-order valence-electron chi connectivity index (χ3n) is 3.19. The molecule has 0 fully saturated rings. The molecule has 1 atom stereocenters. The second-order valence-electron chi connectivity index (χ2n) is 4.46. The van der Waals surface area contributed by atoms with E-state index in [1.54, 1.807) is 11.0 Å². The van der Waals surface area contributed by atoms with Gasteiger partial charge in [0.2, 0.25) is 0 Å². The molecule has 0 saturated carbocycles. The fraction of sp³-hybridized carbons (Fsp3) is 0.417. The molecule has 3 rings (SSSR count). The fourth-order valence-electron chi connectivity index (χ4n) is 2.27. The average Bonchev–Trinajstić information content (AvgIpc) is 2.67. The molecule has 6 heteroatoms. The van der Waals surface area contributed by atoms with Gasteiger partial charge >= 0.3 is 0 Å². The van der Waals surface area contributed by atoms with Crippen LogP contribution in [0, 0.1) is 0 Å². The van der Waals surface area contributed by atoms with E-state index < -0.39 is 0 Å². The molecule has 0 aliphatic heterocycles. The van der Waals surface area contributed by atoms with Crippen molar-refractivity contribution in [1.29, 1.82) is 0 Å². The predicted molar refractivity (Wildman–Crippen MR) is 74.4 cm³/mol. The lowest BCUT2D eigenvalue weighted by atomic mass is 10.0. The highest BCUT2D eigenvalue weighted by Gasteiger charge is 2.16. The second-order valence-corrected chi connectivity index (χ2v) is 5.21. The molecule has 5 nitrogen and oxygen atoms in total. The minimum atomic E-state index is 0.445. The van der Waals surface area contributed by atoms with Gasteiger partial charge in [-0.25, -0.2) is 14.6 Å². The molecule has 0 spiro atoms. The third-order valence-corrected chi connectivity index (χ3v) is 3.74. The Morgan fingerprint density at radius 3 is 3.06 bits per heavy atom. The van der Waals surface area contributed by atoms with Gasteiger partial charge in [0.1, 0.15) is 16.7 Å². The van der Waals surface area contributed by atoms with Crippen LogP contribution in [-0.2, 0) is 7.05 Å². The summed E-state index contributed by atoms with van der Waals surface area (Å²) >= 11 is 3.47. The summed E-state index contributed by atoms with van der Waals surface area (Å²) in [5.74, 6) is 0.861. The van der Waals surface area contributed by atoms with E-state index in [9.17, 15) is 0 Å². The lowest BCUT2D eigenvalue weighted by Crippen LogP contribution is -2.21. The smallest absolute Gasteiger partial charge is 0.164 e. The van der Waals surface area contributed by atoms with Crippen LogP contribution in [0.25, 0.3) is 11.0 Å². The van der Waals surface area contributed by atoms with E-state index in [1.165, 1.54) is 0 Å². The lowest BCUT2D eigenvalue weighted by molar-refractivity contribution is 0.642. The number of halogens is 1. The predicted octanol–water partition coefficient (Wildman–Crippen LogP) is 2.65. The van der Waals surface area contributed by atoms with E-state index in [4.69, 9.17) is 0 Å². The Morgan fingerprint density at radius 2 is 2.28 bits per heavy atom. The normalized spacial score (nSPS) is 19.3. The summed E-state index contributed by atoms with van der Waals surface area (Å²) < 4.78 is 2.54. The van der Waals surface area contributed by atoms with Crippen LogP contribution in [0.1, 0.15) is 19.3 Å². The van der Waals surface area contributed by atoms with Crippen LogP contribution < -0.4 is 5.32 Å². The summed E-state index contributed by atoms with van der Waals surface area (Å²) in [5, 5.41) is 8.77. The summed E-state index contributed by atoms with van der Waals surface area (Å²) in [6.45, 7) is 0. The van der Waals surface area contributed by atoms with Gasteiger partial charge in [-0.1, -0.05) is 12.2 Å². The van der Waals surface area contributed by atoms with E-state index in [-0.39, 0.29) is 0 Å². The SMILES string of the molecule is Cn1nc(Br)c2c(NC3CC=CCC3)ncnc21. The van der Waals surface area contributed by atoms with Crippen molar-refractivity contribution in [3.63, 3.8) is 0 Å². The van der Waals surface area contributed by atoms with Crippen molar-refractivity contribution in [1.82, 2.24) is 19.7 Å². The third kappa shape index (κ3) is 2.01. The van der Waals surface area contributed by atoms with Crippen LogP contribution in [0.4, 0.5) is 5.82 Å². The van der Waals surface area contributed by atoms with Crippen LogP contribution in [0.5, 0.6) is 0 Å². The monoisotopic (exact) mass is 307 g/mol. The molecular formula is C12H14BrN5. The maximum atomic E-state index is 4.35. The Balaban J connectivity index is 1.98. The first-order valence-electron chi connectivity index (χ1n) is 6.00. The summed E-state index contributed by atoms with van der Waals surface area (Å²) in [4.78, 5) is 8.61. The van der Waals surface area contributed by atoms with Crippen LogP contribution >= 0.6 is 15.9 Å². The van der Waals surface area contributed by atoms with Gasteiger partial charge in [-0.05, 0) is 35.2 Å². The highest BCUT2D eigenvalue weighted by molar-refractivity contribution is 9.10. The molecule has 2 aromatic heterocycles. The number of aryl methyl sites for hydroxylation is 1. The molecule has 1 unspecified atom stereocenters. The number of rotatable bonds is 2. The molecule has 0 aromatic carbocycles. The number of aromatic nitrogens is 4. The highest BCUT2D eigenvalue weighted by Crippen LogP contribution is 2.28. The maximum Gasteiger partial charge on any atom is 0.164 e. The first kappa shape index (κ1) is 11.6. The molecule has 2 aromatic rings. The summed E-state index contributed by atoms with van der Waals surface area (Å²) in [6, 6.07) is 0.445. The lowest BCUT2D eigenvalue weighted by Gasteiger charge is -2.20. The topological polar surface area (TPSA) is 55.6 Å². The van der Waals surface area contributed by atoms with Crippen molar-refractivity contribution >= 4 is 32.8 Å². The molecule has 18 heavy (non-hydrogen) atoms. The van der Waals surface area contributed by atoms with E-state index in [0.717, 1.165) is 40.7 Å². The second kappa shape index (κ2) is 4.68. The first-order valence-corrected chi connectivity index (χ1v) is 6.80. The maximum absolute atomic E-state index is 4.35. The van der Waals surface area contributed by atoms with Gasteiger partial charge in [0.05, 0.1) is 5.39 Å². The summed E-state index contributed by atoms with van der Waals surface area (Å²) in [7, 11) is 1.88. The van der Waals surface area contributed by atoms with E-state index in [0.29, 0.717) is 6.04 Å². The average molecular weight is 308 g/mol. The zero-order chi connectivity index (χ0) is 12.5. The van der Waals surface area contributed by atoms with Gasteiger partial charge in [-0.15, -0.1) is 0 Å². The van der Waals surface area contributed by atoms with Crippen molar-refractivity contribution in [3.8, 4) is 0 Å². The zero-order valence-corrected chi connectivity index (χ0v) is 11.7. The van der Waals surface area contributed by atoms with Gasteiger partial charge in [-0.2, -0.15) is 5.10 Å². The van der Waals surface area contributed by atoms with E-state index in [1.807, 2.05) is 7.05 Å². The minimum absolute atomic E-state index is 0.445. The molecular weight excluding hydrogens is 294 g/mol. The van der Waals surface area contributed by atoms with Crippen LogP contribution in [0.15, 0.2) is 23.1 Å². The number of hydrogen-bond acceptors (Lipinski definition) is 4. The van der Waals surface area contributed by atoms with Crippen molar-refractivity contribution < 1.29 is 0 Å². The van der Waals surface area contributed by atoms with Crippen molar-refractivity contribution in [2.75, 3.05) is 5.32 Å². The van der Waals surface area contributed by atoms with Gasteiger partial charge in [-0.3, -0.25) is 0 Å². The molecule has 1 aliphatic rings. The van der Waals surface area contributed by atoms with Gasteiger partial charge in [0.15, 0.2) is 5.65 Å². The highest BCUT2D eigenvalue weighted by atomic mass is 79.9. The molecule has 0 saturated heterocycles. The molecule has 0 amide bonds. The van der Waals surface area contributed by atoms with Crippen molar-refractivity contribution in [2.24, 2.45) is 7.05 Å². The molecule has 0 radical (unpaired) electrons. The number of nitrogens with one attached hydrogen (secondary N) is 1. The minimum Gasteiger partial charge on any atom is -0.366 e. The van der Waals surface area contributed by atoms with Crippen molar-refractivity contribution in [3.05, 3.63) is 23.1 Å². The van der Waals surface area contributed by atoms with Gasteiger partial charge in [0, 0.05) is 13.1 Å². The molecule has 0 bridgehead atoms. The van der Waals surface area contributed by atoms with Gasteiger partial charge in [0.25, 0.3) is 0 Å². The van der Waals surface area contributed by atoms with E-state index in [2.05, 4.69) is 48.5 Å². The van der Waals surface area contributed by atoms with Gasteiger partial charge < -0.3 is 5.32 Å². The van der Waals surface area contributed by atoms with Crippen LogP contribution in [-0.4, -0.2) is 25.8 Å². The largest absolute Gasteiger partial charge is 0.366 e. The Bertz CT molecular complexity index is 604. The Labute approximate surface area is 113 Å². The molecule has 1 aliphatic carbocycles. The number of nitrogens with zero attached hydrogens (tertiary/aromatic N) is 4. The number of fused-ring (bicyclic) bond motifs is 1. The van der Waals surface area contributed by atoms with Crippen molar-refractivity contribution in [2.45, 2.75) is 25.3 Å².